The van der Waals surface area contributed by atoms with Gasteiger partial charge in [-0.15, -0.1) is 0 Å². The van der Waals surface area contributed by atoms with E-state index in [1.165, 1.54) is 5.56 Å². The molecule has 0 saturated carbocycles. The van der Waals surface area contributed by atoms with E-state index in [0.29, 0.717) is 5.75 Å². The quantitative estimate of drug-likeness (QED) is 0.561. The molecule has 0 bridgehead atoms. The van der Waals surface area contributed by atoms with Crippen molar-refractivity contribution >= 4 is 51.5 Å². The normalized spacial score (nSPS) is 10.0. The maximum Gasteiger partial charge on any atom is 0.264 e. The Morgan fingerprint density at radius 1 is 1.13 bits per heavy atom. The monoisotopic (exact) mass is 440 g/mol. The molecule has 2 aromatic carbocycles. The molecule has 0 unspecified atom stereocenters. The molecule has 0 aromatic heterocycles. The van der Waals surface area contributed by atoms with Gasteiger partial charge in [-0.3, -0.25) is 10.1 Å². The first-order valence-electron chi connectivity index (χ1n) is 7.00. The van der Waals surface area contributed by atoms with E-state index < -0.39 is 0 Å². The van der Waals surface area contributed by atoms with Crippen LogP contribution in [0.5, 0.6) is 5.75 Å². The number of carbonyl (C=O) groups excluding carboxylic acids is 1. The van der Waals surface area contributed by atoms with Crippen molar-refractivity contribution in [2.45, 2.75) is 13.8 Å². The van der Waals surface area contributed by atoms with Gasteiger partial charge in [0.2, 0.25) is 0 Å². The average molecular weight is 440 g/mol. The summed E-state index contributed by atoms with van der Waals surface area (Å²) in [5.74, 6) is 0.367. The van der Waals surface area contributed by atoms with Crippen LogP contribution < -0.4 is 15.4 Å². The molecule has 0 aliphatic rings. The van der Waals surface area contributed by atoms with E-state index in [0.717, 1.165) is 14.8 Å². The largest absolute Gasteiger partial charge is 0.484 e. The van der Waals surface area contributed by atoms with Crippen LogP contribution in [0.1, 0.15) is 11.1 Å². The molecule has 1 amide bonds. The predicted octanol–water partition coefficient (Wildman–Crippen LogP) is 3.80. The zero-order valence-corrected chi connectivity index (χ0v) is 15.8. The zero-order valence-electron chi connectivity index (χ0n) is 12.9. The van der Waals surface area contributed by atoms with Gasteiger partial charge in [-0.05, 0) is 96.2 Å². The van der Waals surface area contributed by atoms with E-state index >= 15 is 0 Å². The van der Waals surface area contributed by atoms with Crippen LogP contribution in [-0.2, 0) is 4.79 Å². The van der Waals surface area contributed by atoms with E-state index in [-0.39, 0.29) is 17.6 Å². The number of carbonyl (C=O) groups is 1. The number of rotatable bonds is 4. The van der Waals surface area contributed by atoms with Gasteiger partial charge in [-0.1, -0.05) is 6.07 Å². The highest BCUT2D eigenvalue weighted by Crippen LogP contribution is 2.16. The number of nitrogens with one attached hydrogen (secondary N) is 2. The molecule has 23 heavy (non-hydrogen) atoms. The molecule has 0 atom stereocenters. The first-order chi connectivity index (χ1) is 10.9. The SMILES string of the molecule is Cc1ccc(OCC(=O)NC(=S)Nc2ccc(I)cc2)cc1C. The number of aryl methyl sites for hydroxylation is 2. The van der Waals surface area contributed by atoms with Gasteiger partial charge in [0.05, 0.1) is 0 Å². The fourth-order valence-electron chi connectivity index (χ4n) is 1.81. The molecular formula is C17H17IN2O2S. The first-order valence-corrected chi connectivity index (χ1v) is 8.49. The van der Waals surface area contributed by atoms with Gasteiger partial charge >= 0.3 is 0 Å². The lowest BCUT2D eigenvalue weighted by Crippen LogP contribution is -2.37. The maximum absolute atomic E-state index is 11.9. The Kier molecular flexibility index (Phi) is 6.35. The molecule has 6 heteroatoms. The number of anilines is 1. The van der Waals surface area contributed by atoms with E-state index in [9.17, 15) is 4.79 Å². The van der Waals surface area contributed by atoms with Gasteiger partial charge in [0, 0.05) is 9.26 Å². The lowest BCUT2D eigenvalue weighted by atomic mass is 10.1. The van der Waals surface area contributed by atoms with Gasteiger partial charge in [0.15, 0.2) is 11.7 Å². The van der Waals surface area contributed by atoms with Gasteiger partial charge < -0.3 is 10.1 Å². The zero-order chi connectivity index (χ0) is 16.8. The lowest BCUT2D eigenvalue weighted by molar-refractivity contribution is -0.121. The number of benzene rings is 2. The van der Waals surface area contributed by atoms with Crippen molar-refractivity contribution in [2.24, 2.45) is 0 Å². The van der Waals surface area contributed by atoms with Crippen LogP contribution in [0.4, 0.5) is 5.69 Å². The molecule has 2 aromatic rings. The van der Waals surface area contributed by atoms with Crippen molar-refractivity contribution in [1.82, 2.24) is 5.32 Å². The van der Waals surface area contributed by atoms with E-state index in [1.807, 2.05) is 56.3 Å². The summed E-state index contributed by atoms with van der Waals surface area (Å²) in [5.41, 5.74) is 3.13. The van der Waals surface area contributed by atoms with E-state index in [4.69, 9.17) is 17.0 Å². The second kappa shape index (κ2) is 8.26. The Morgan fingerprint density at radius 3 is 2.48 bits per heavy atom. The fourth-order valence-corrected chi connectivity index (χ4v) is 2.40. The first kappa shape index (κ1) is 17.7. The molecule has 2 N–H and O–H groups in total. The highest BCUT2D eigenvalue weighted by molar-refractivity contribution is 14.1. The van der Waals surface area contributed by atoms with Crippen LogP contribution in [0, 0.1) is 17.4 Å². The molecule has 0 aliphatic heterocycles. The third-order valence-corrected chi connectivity index (χ3v) is 4.13. The highest BCUT2D eigenvalue weighted by Gasteiger charge is 2.06. The smallest absolute Gasteiger partial charge is 0.264 e. The average Bonchev–Trinajstić information content (AvgIpc) is 2.51. The number of amides is 1. The second-order valence-corrected chi connectivity index (χ2v) is 6.70. The summed E-state index contributed by atoms with van der Waals surface area (Å²) >= 11 is 7.34. The summed E-state index contributed by atoms with van der Waals surface area (Å²) in [7, 11) is 0. The third kappa shape index (κ3) is 5.80. The fraction of sp³-hybridized carbons (Fsp3) is 0.176. The minimum absolute atomic E-state index is 0.0863. The molecule has 0 fully saturated rings. The molecule has 0 aliphatic carbocycles. The van der Waals surface area contributed by atoms with Crippen molar-refractivity contribution in [2.75, 3.05) is 11.9 Å². The van der Waals surface area contributed by atoms with Crippen LogP contribution in [0.3, 0.4) is 0 Å². The van der Waals surface area contributed by atoms with Crippen molar-refractivity contribution in [3.63, 3.8) is 0 Å². The summed E-state index contributed by atoms with van der Waals surface area (Å²) < 4.78 is 6.60. The maximum atomic E-state index is 11.9. The second-order valence-electron chi connectivity index (χ2n) is 5.04. The molecule has 0 spiro atoms. The number of hydrogen-bond acceptors (Lipinski definition) is 3. The molecule has 0 radical (unpaired) electrons. The lowest BCUT2D eigenvalue weighted by Gasteiger charge is -2.11. The Hall–Kier alpha value is -1.67. The minimum Gasteiger partial charge on any atom is -0.484 e. The van der Waals surface area contributed by atoms with E-state index in [2.05, 4.69) is 33.2 Å². The van der Waals surface area contributed by atoms with Gasteiger partial charge in [-0.2, -0.15) is 0 Å². The highest BCUT2D eigenvalue weighted by atomic mass is 127. The van der Waals surface area contributed by atoms with E-state index in [1.54, 1.807) is 0 Å². The van der Waals surface area contributed by atoms with Crippen LogP contribution in [-0.4, -0.2) is 17.6 Å². The van der Waals surface area contributed by atoms with Crippen LogP contribution in [0.2, 0.25) is 0 Å². The predicted molar refractivity (Wildman–Crippen MR) is 105 cm³/mol. The summed E-state index contributed by atoms with van der Waals surface area (Å²) in [6.45, 7) is 3.94. The molecule has 4 nitrogen and oxygen atoms in total. The summed E-state index contributed by atoms with van der Waals surface area (Å²) in [4.78, 5) is 11.9. The molecule has 0 heterocycles. The Bertz CT molecular complexity index is 717. The van der Waals surface area contributed by atoms with Gasteiger partial charge in [0.25, 0.3) is 5.91 Å². The molecule has 0 saturated heterocycles. The third-order valence-electron chi connectivity index (χ3n) is 3.20. The Labute approximate surface area is 154 Å². The molecule has 120 valence electrons. The number of hydrogen-bond donors (Lipinski definition) is 2. The number of halogens is 1. The van der Waals surface area contributed by atoms with Crippen LogP contribution in [0.15, 0.2) is 42.5 Å². The van der Waals surface area contributed by atoms with Gasteiger partial charge in [0.1, 0.15) is 5.75 Å². The summed E-state index contributed by atoms with van der Waals surface area (Å²) in [5, 5.41) is 5.80. The van der Waals surface area contributed by atoms with Crippen molar-refractivity contribution in [1.29, 1.82) is 0 Å². The molecular weight excluding hydrogens is 423 g/mol. The minimum atomic E-state index is -0.300. The number of ether oxygens (including phenoxy) is 1. The standard InChI is InChI=1S/C17H17IN2O2S/c1-11-3-8-15(9-12(11)2)22-10-16(21)20-17(23)19-14-6-4-13(18)5-7-14/h3-9H,10H2,1-2H3,(H2,19,20,21,23). The molecule has 2 rings (SSSR count). The summed E-state index contributed by atoms with van der Waals surface area (Å²) in [6.07, 6.45) is 0. The number of thiocarbonyl (C=S) groups is 1. The van der Waals surface area contributed by atoms with Crippen molar-refractivity contribution in [3.8, 4) is 5.75 Å². The summed E-state index contributed by atoms with van der Waals surface area (Å²) in [6, 6.07) is 13.4. The van der Waals surface area contributed by atoms with Crippen LogP contribution in [0.25, 0.3) is 0 Å². The van der Waals surface area contributed by atoms with Gasteiger partial charge in [-0.25, -0.2) is 0 Å². The Morgan fingerprint density at radius 2 is 1.83 bits per heavy atom. The van der Waals surface area contributed by atoms with Crippen LogP contribution >= 0.6 is 34.8 Å². The van der Waals surface area contributed by atoms with Crippen molar-refractivity contribution in [3.05, 3.63) is 57.2 Å². The Balaban J connectivity index is 1.80. The topological polar surface area (TPSA) is 50.4 Å². The van der Waals surface area contributed by atoms with Crippen molar-refractivity contribution < 1.29 is 9.53 Å².